The molecule has 162 valence electrons. The Hall–Kier alpha value is -3.24. The van der Waals surface area contributed by atoms with Crippen LogP contribution < -0.4 is 11.5 Å². The summed E-state index contributed by atoms with van der Waals surface area (Å²) in [5.74, 6) is -2.25. The van der Waals surface area contributed by atoms with Crippen molar-refractivity contribution in [2.75, 3.05) is 11.5 Å². The van der Waals surface area contributed by atoms with Crippen molar-refractivity contribution in [2.24, 2.45) is 7.05 Å². The highest BCUT2D eigenvalue weighted by Gasteiger charge is 2.38. The van der Waals surface area contributed by atoms with Crippen LogP contribution in [0.1, 0.15) is 0 Å². The third-order valence-electron chi connectivity index (χ3n) is 4.28. The first kappa shape index (κ1) is 22.4. The van der Waals surface area contributed by atoms with E-state index in [0.29, 0.717) is 21.4 Å². The average Bonchev–Trinajstić information content (AvgIpc) is 3.01. The van der Waals surface area contributed by atoms with Gasteiger partial charge in [0.2, 0.25) is 5.95 Å². The van der Waals surface area contributed by atoms with E-state index in [1.165, 1.54) is 0 Å². The molecule has 0 amide bonds. The highest BCUT2D eigenvalue weighted by atomic mass is 35.5. The van der Waals surface area contributed by atoms with E-state index in [9.17, 15) is 13.2 Å². The number of carboxylic acid groups (broad SMARTS) is 1. The largest absolute Gasteiger partial charge is 0.490 e. The molecule has 4 aromatic rings. The zero-order chi connectivity index (χ0) is 23.1. The quantitative estimate of drug-likeness (QED) is 0.363. The van der Waals surface area contributed by atoms with Gasteiger partial charge in [0.25, 0.3) is 0 Å². The SMILES string of the molecule is Cn1ccc2c3c(N)nc(N)nc3cc(-c3cc(Cl)cc(Cl)c3)c21.O=C(O)C(F)(F)F. The molecule has 0 radical (unpaired) electrons. The van der Waals surface area contributed by atoms with Crippen molar-refractivity contribution in [3.05, 3.63) is 46.6 Å². The highest BCUT2D eigenvalue weighted by Crippen LogP contribution is 2.38. The van der Waals surface area contributed by atoms with Crippen LogP contribution in [-0.2, 0) is 11.8 Å². The molecule has 5 N–H and O–H groups in total. The number of hydrogen-bond donors (Lipinski definition) is 3. The molecule has 0 bridgehead atoms. The highest BCUT2D eigenvalue weighted by molar-refractivity contribution is 6.35. The topological polar surface area (TPSA) is 120 Å². The van der Waals surface area contributed by atoms with Crippen molar-refractivity contribution in [1.29, 1.82) is 0 Å². The van der Waals surface area contributed by atoms with Crippen molar-refractivity contribution >= 4 is 62.7 Å². The molecular formula is C19H14Cl2F3N5O2. The smallest absolute Gasteiger partial charge is 0.475 e. The first-order valence-corrected chi connectivity index (χ1v) is 9.21. The Morgan fingerprint density at radius 2 is 1.68 bits per heavy atom. The molecule has 2 heterocycles. The van der Waals surface area contributed by atoms with Crippen molar-refractivity contribution < 1.29 is 23.1 Å². The van der Waals surface area contributed by atoms with E-state index >= 15 is 0 Å². The third-order valence-corrected chi connectivity index (χ3v) is 4.71. The Balaban J connectivity index is 0.000000339. The van der Waals surface area contributed by atoms with E-state index in [1.54, 1.807) is 6.07 Å². The van der Waals surface area contributed by atoms with Gasteiger partial charge in [-0.15, -0.1) is 0 Å². The molecule has 0 fully saturated rings. The second-order valence-corrected chi connectivity index (χ2v) is 7.31. The van der Waals surface area contributed by atoms with Gasteiger partial charge in [-0.2, -0.15) is 18.2 Å². The number of anilines is 2. The van der Waals surface area contributed by atoms with E-state index in [2.05, 4.69) is 9.97 Å². The lowest BCUT2D eigenvalue weighted by atomic mass is 10.00. The van der Waals surface area contributed by atoms with Crippen LogP contribution in [0.25, 0.3) is 32.9 Å². The maximum absolute atomic E-state index is 10.6. The molecule has 0 aliphatic carbocycles. The summed E-state index contributed by atoms with van der Waals surface area (Å²) < 4.78 is 33.8. The number of nitrogens with zero attached hydrogens (tertiary/aromatic N) is 3. The van der Waals surface area contributed by atoms with Crippen LogP contribution in [-0.4, -0.2) is 31.8 Å². The summed E-state index contributed by atoms with van der Waals surface area (Å²) in [7, 11) is 1.97. The molecule has 4 rings (SSSR count). The molecule has 7 nitrogen and oxygen atoms in total. The van der Waals surface area contributed by atoms with Gasteiger partial charge in [0.05, 0.1) is 16.4 Å². The number of rotatable bonds is 1. The summed E-state index contributed by atoms with van der Waals surface area (Å²) in [4.78, 5) is 17.3. The minimum absolute atomic E-state index is 0.144. The number of nitrogens with two attached hydrogens (primary N) is 2. The summed E-state index contributed by atoms with van der Waals surface area (Å²) >= 11 is 12.4. The fourth-order valence-electron chi connectivity index (χ4n) is 3.10. The number of halogens is 5. The Labute approximate surface area is 183 Å². The standard InChI is InChI=1S/C17H13Cl2N5.C2HF3O2/c1-24-3-2-11-14-13(22-17(21)23-16(14)20)7-12(15(11)24)8-4-9(18)6-10(19)5-8;3-2(4,5)1(6)7/h2-7H,1H3,(H4,20,21,22,23);(H,6,7). The average molecular weight is 472 g/mol. The fourth-order valence-corrected chi connectivity index (χ4v) is 3.62. The lowest BCUT2D eigenvalue weighted by Crippen LogP contribution is -2.21. The Kier molecular flexibility index (Phi) is 5.88. The zero-order valence-corrected chi connectivity index (χ0v) is 17.2. The number of nitrogen functional groups attached to an aromatic ring is 2. The van der Waals surface area contributed by atoms with Gasteiger partial charge >= 0.3 is 12.1 Å². The van der Waals surface area contributed by atoms with E-state index in [0.717, 1.165) is 27.4 Å². The maximum Gasteiger partial charge on any atom is 0.490 e. The van der Waals surface area contributed by atoms with Gasteiger partial charge in [0.15, 0.2) is 0 Å². The van der Waals surface area contributed by atoms with Crippen LogP contribution in [0.2, 0.25) is 10.0 Å². The number of fused-ring (bicyclic) bond motifs is 3. The van der Waals surface area contributed by atoms with Gasteiger partial charge in [0.1, 0.15) is 5.82 Å². The molecule has 2 aromatic heterocycles. The molecule has 0 saturated carbocycles. The van der Waals surface area contributed by atoms with Crippen LogP contribution in [0, 0.1) is 0 Å². The molecule has 31 heavy (non-hydrogen) atoms. The minimum Gasteiger partial charge on any atom is -0.475 e. The third kappa shape index (κ3) is 4.59. The fraction of sp³-hybridized carbons (Fsp3) is 0.105. The summed E-state index contributed by atoms with van der Waals surface area (Å²) in [6.07, 6.45) is -3.12. The van der Waals surface area contributed by atoms with Crippen LogP contribution in [0.15, 0.2) is 36.5 Å². The summed E-state index contributed by atoms with van der Waals surface area (Å²) in [6, 6.07) is 9.37. The number of aromatic nitrogens is 3. The van der Waals surface area contributed by atoms with Crippen LogP contribution in [0.5, 0.6) is 0 Å². The van der Waals surface area contributed by atoms with Gasteiger partial charge in [-0.1, -0.05) is 23.2 Å². The first-order valence-electron chi connectivity index (χ1n) is 8.45. The molecule has 0 atom stereocenters. The van der Waals surface area contributed by atoms with E-state index in [4.69, 9.17) is 44.6 Å². The molecular weight excluding hydrogens is 458 g/mol. The normalized spacial score (nSPS) is 11.4. The maximum atomic E-state index is 10.6. The number of benzene rings is 2. The van der Waals surface area contributed by atoms with Crippen LogP contribution in [0.3, 0.4) is 0 Å². The second kappa shape index (κ2) is 8.12. The zero-order valence-electron chi connectivity index (χ0n) is 15.7. The monoisotopic (exact) mass is 471 g/mol. The number of hydrogen-bond acceptors (Lipinski definition) is 5. The number of aryl methyl sites for hydroxylation is 1. The molecule has 2 aromatic carbocycles. The molecule has 0 aliphatic heterocycles. The van der Waals surface area contributed by atoms with Gasteiger partial charge in [-0.3, -0.25) is 0 Å². The number of alkyl halides is 3. The van der Waals surface area contributed by atoms with Gasteiger partial charge in [-0.25, -0.2) is 9.78 Å². The van der Waals surface area contributed by atoms with Gasteiger partial charge in [0, 0.05) is 34.2 Å². The van der Waals surface area contributed by atoms with Gasteiger partial charge in [-0.05, 0) is 35.9 Å². The Morgan fingerprint density at radius 1 is 1.10 bits per heavy atom. The lowest BCUT2D eigenvalue weighted by Gasteiger charge is -2.12. The molecule has 0 unspecified atom stereocenters. The predicted molar refractivity (Wildman–Crippen MR) is 114 cm³/mol. The van der Waals surface area contributed by atoms with Crippen molar-refractivity contribution in [3.8, 4) is 11.1 Å². The minimum atomic E-state index is -5.08. The Morgan fingerprint density at radius 3 is 2.23 bits per heavy atom. The lowest BCUT2D eigenvalue weighted by molar-refractivity contribution is -0.192. The Bertz CT molecular complexity index is 1300. The van der Waals surface area contributed by atoms with Crippen molar-refractivity contribution in [3.63, 3.8) is 0 Å². The summed E-state index contributed by atoms with van der Waals surface area (Å²) in [5.41, 5.74) is 15.4. The van der Waals surface area contributed by atoms with E-state index in [-0.39, 0.29) is 5.95 Å². The van der Waals surface area contributed by atoms with Crippen molar-refractivity contribution in [2.45, 2.75) is 6.18 Å². The van der Waals surface area contributed by atoms with E-state index in [1.807, 2.05) is 42.1 Å². The number of carbonyl (C=O) groups is 1. The summed E-state index contributed by atoms with van der Waals surface area (Å²) in [5, 5.41) is 10.0. The number of carboxylic acids is 1. The molecule has 0 saturated heterocycles. The molecule has 0 spiro atoms. The molecule has 0 aliphatic rings. The van der Waals surface area contributed by atoms with Gasteiger partial charge < -0.3 is 21.1 Å². The predicted octanol–water partition coefficient (Wildman–Crippen LogP) is 4.89. The van der Waals surface area contributed by atoms with Crippen LogP contribution >= 0.6 is 23.2 Å². The second-order valence-electron chi connectivity index (χ2n) is 6.44. The van der Waals surface area contributed by atoms with E-state index < -0.39 is 12.1 Å². The first-order chi connectivity index (χ1) is 14.4. The summed E-state index contributed by atoms with van der Waals surface area (Å²) in [6.45, 7) is 0. The number of aliphatic carboxylic acids is 1. The van der Waals surface area contributed by atoms with Crippen LogP contribution in [0.4, 0.5) is 24.9 Å². The molecule has 12 heteroatoms. The van der Waals surface area contributed by atoms with Crippen molar-refractivity contribution in [1.82, 2.24) is 14.5 Å².